The molecule has 0 aliphatic rings. The van der Waals surface area contributed by atoms with E-state index in [1.54, 1.807) is 0 Å². The Balaban J connectivity index is 1.70. The second-order valence-electron chi connectivity index (χ2n) is 7.71. The van der Waals surface area contributed by atoms with Crippen molar-refractivity contribution in [2.24, 2.45) is 0 Å². The zero-order chi connectivity index (χ0) is 21.7. The van der Waals surface area contributed by atoms with Gasteiger partial charge < -0.3 is 19.9 Å². The van der Waals surface area contributed by atoms with Crippen LogP contribution in [0.2, 0.25) is 0 Å². The van der Waals surface area contributed by atoms with E-state index in [-0.39, 0.29) is 6.61 Å². The van der Waals surface area contributed by atoms with E-state index in [4.69, 9.17) is 9.47 Å². The van der Waals surface area contributed by atoms with E-state index in [9.17, 15) is 5.11 Å². The lowest BCUT2D eigenvalue weighted by Crippen LogP contribution is -2.29. The molecule has 3 aromatic rings. The van der Waals surface area contributed by atoms with Crippen molar-refractivity contribution in [1.82, 2.24) is 5.32 Å². The summed E-state index contributed by atoms with van der Waals surface area (Å²) in [6, 6.07) is 26.7. The van der Waals surface area contributed by atoms with Crippen LogP contribution in [0.15, 0.2) is 78.9 Å². The van der Waals surface area contributed by atoms with Crippen molar-refractivity contribution >= 4 is 0 Å². The van der Waals surface area contributed by atoms with Crippen LogP contribution in [0, 0.1) is 0 Å². The molecule has 1 atom stereocenters. The third kappa shape index (κ3) is 7.74. The van der Waals surface area contributed by atoms with Crippen molar-refractivity contribution < 1.29 is 14.6 Å². The van der Waals surface area contributed by atoms with Gasteiger partial charge in [0.15, 0.2) is 11.5 Å². The molecular formula is C27H33NO3. The minimum absolute atomic E-state index is 0.204. The summed E-state index contributed by atoms with van der Waals surface area (Å²) in [7, 11) is 0. The van der Waals surface area contributed by atoms with Crippen LogP contribution in [0.4, 0.5) is 0 Å². The van der Waals surface area contributed by atoms with Gasteiger partial charge in [0.25, 0.3) is 0 Å². The second kappa shape index (κ2) is 12.8. The number of aliphatic hydroxyl groups is 1. The highest BCUT2D eigenvalue weighted by Gasteiger charge is 2.11. The zero-order valence-electron chi connectivity index (χ0n) is 18.3. The molecule has 0 heterocycles. The standard InChI is InChI=1S/C27H33NO3/c1-2-9-25(16-17-29)28-19-24-14-15-26(30-20-22-10-5-3-6-11-22)27(18-24)31-21-23-12-7-4-8-13-23/h3-8,10-15,18,25,28-29H,2,9,16-17,19-21H2,1H3. The van der Waals surface area contributed by atoms with E-state index in [0.717, 1.165) is 54.0 Å². The summed E-state index contributed by atoms with van der Waals surface area (Å²) in [5, 5.41) is 12.9. The summed E-state index contributed by atoms with van der Waals surface area (Å²) in [6.45, 7) is 4.08. The second-order valence-corrected chi connectivity index (χ2v) is 7.71. The number of benzene rings is 3. The van der Waals surface area contributed by atoms with Crippen molar-refractivity contribution in [2.75, 3.05) is 6.61 Å². The fraction of sp³-hybridized carbons (Fsp3) is 0.333. The fourth-order valence-electron chi connectivity index (χ4n) is 3.48. The van der Waals surface area contributed by atoms with Crippen molar-refractivity contribution in [3.05, 3.63) is 95.6 Å². The van der Waals surface area contributed by atoms with Crippen LogP contribution in [0.5, 0.6) is 11.5 Å². The maximum absolute atomic E-state index is 9.30. The Bertz CT molecular complexity index is 877. The van der Waals surface area contributed by atoms with Crippen molar-refractivity contribution in [3.63, 3.8) is 0 Å². The van der Waals surface area contributed by atoms with Crippen LogP contribution in [-0.4, -0.2) is 17.8 Å². The molecule has 0 radical (unpaired) electrons. The van der Waals surface area contributed by atoms with Gasteiger partial charge in [0.2, 0.25) is 0 Å². The normalized spacial score (nSPS) is 11.8. The van der Waals surface area contributed by atoms with Crippen LogP contribution < -0.4 is 14.8 Å². The molecule has 0 amide bonds. The SMILES string of the molecule is CCCC(CCO)NCc1ccc(OCc2ccccc2)c(OCc2ccccc2)c1. The summed E-state index contributed by atoms with van der Waals surface area (Å²) < 4.78 is 12.3. The zero-order valence-corrected chi connectivity index (χ0v) is 18.3. The number of nitrogens with one attached hydrogen (secondary N) is 1. The lowest BCUT2D eigenvalue weighted by atomic mass is 10.1. The minimum Gasteiger partial charge on any atom is -0.485 e. The van der Waals surface area contributed by atoms with Crippen LogP contribution in [-0.2, 0) is 19.8 Å². The van der Waals surface area contributed by atoms with E-state index in [1.165, 1.54) is 0 Å². The molecule has 0 aromatic heterocycles. The first-order valence-electron chi connectivity index (χ1n) is 11.1. The molecule has 0 saturated carbocycles. The maximum Gasteiger partial charge on any atom is 0.162 e. The fourth-order valence-corrected chi connectivity index (χ4v) is 3.48. The third-order valence-electron chi connectivity index (χ3n) is 5.19. The average molecular weight is 420 g/mol. The Kier molecular flexibility index (Phi) is 9.42. The quantitative estimate of drug-likeness (QED) is 0.385. The first-order chi connectivity index (χ1) is 15.3. The monoisotopic (exact) mass is 419 g/mol. The van der Waals surface area contributed by atoms with Crippen LogP contribution in [0.3, 0.4) is 0 Å². The van der Waals surface area contributed by atoms with Gasteiger partial charge in [-0.15, -0.1) is 0 Å². The maximum atomic E-state index is 9.30. The van der Waals surface area contributed by atoms with Gasteiger partial charge in [-0.3, -0.25) is 0 Å². The van der Waals surface area contributed by atoms with Crippen molar-refractivity contribution in [2.45, 2.75) is 52.0 Å². The molecule has 0 saturated heterocycles. The van der Waals surface area contributed by atoms with Crippen molar-refractivity contribution in [3.8, 4) is 11.5 Å². The van der Waals surface area contributed by atoms with Gasteiger partial charge >= 0.3 is 0 Å². The van der Waals surface area contributed by atoms with Gasteiger partial charge in [-0.1, -0.05) is 80.1 Å². The molecule has 3 aromatic carbocycles. The Morgan fingerprint density at radius 2 is 1.35 bits per heavy atom. The van der Waals surface area contributed by atoms with Crippen molar-refractivity contribution in [1.29, 1.82) is 0 Å². The van der Waals surface area contributed by atoms with E-state index >= 15 is 0 Å². The van der Waals surface area contributed by atoms with Gasteiger partial charge in [-0.25, -0.2) is 0 Å². The highest BCUT2D eigenvalue weighted by Crippen LogP contribution is 2.30. The largest absolute Gasteiger partial charge is 0.485 e. The minimum atomic E-state index is 0.204. The first-order valence-corrected chi connectivity index (χ1v) is 11.1. The van der Waals surface area contributed by atoms with Crippen LogP contribution >= 0.6 is 0 Å². The predicted molar refractivity (Wildman–Crippen MR) is 125 cm³/mol. The first kappa shape index (κ1) is 22.9. The van der Waals surface area contributed by atoms with Crippen LogP contribution in [0.1, 0.15) is 42.9 Å². The molecule has 4 heteroatoms. The number of hydrogen-bond acceptors (Lipinski definition) is 4. The number of ether oxygens (including phenoxy) is 2. The predicted octanol–water partition coefficient (Wildman–Crippen LogP) is 5.49. The molecule has 0 bridgehead atoms. The molecular weight excluding hydrogens is 386 g/mol. The Labute approximate surface area is 185 Å². The van der Waals surface area contributed by atoms with Gasteiger partial charge in [0, 0.05) is 19.2 Å². The molecule has 0 spiro atoms. The summed E-state index contributed by atoms with van der Waals surface area (Å²) in [5.74, 6) is 1.48. The molecule has 164 valence electrons. The van der Waals surface area contributed by atoms with Gasteiger partial charge in [-0.05, 0) is 41.7 Å². The summed E-state index contributed by atoms with van der Waals surface area (Å²) in [6.07, 6.45) is 2.91. The Hall–Kier alpha value is -2.82. The smallest absolute Gasteiger partial charge is 0.162 e. The van der Waals surface area contributed by atoms with Gasteiger partial charge in [0.05, 0.1) is 0 Å². The van der Waals surface area contributed by atoms with E-state index in [2.05, 4.69) is 48.6 Å². The van der Waals surface area contributed by atoms with Gasteiger partial charge in [0.1, 0.15) is 13.2 Å². The number of aliphatic hydroxyl groups excluding tert-OH is 1. The molecule has 4 nitrogen and oxygen atoms in total. The summed E-state index contributed by atoms with van der Waals surface area (Å²) >= 11 is 0. The molecule has 31 heavy (non-hydrogen) atoms. The van der Waals surface area contributed by atoms with E-state index in [1.807, 2.05) is 42.5 Å². The topological polar surface area (TPSA) is 50.7 Å². The number of hydrogen-bond donors (Lipinski definition) is 2. The molecule has 0 aliphatic heterocycles. The number of rotatable bonds is 13. The molecule has 0 fully saturated rings. The van der Waals surface area contributed by atoms with Gasteiger partial charge in [-0.2, -0.15) is 0 Å². The molecule has 0 aliphatic carbocycles. The molecule has 3 rings (SSSR count). The van der Waals surface area contributed by atoms with E-state index < -0.39 is 0 Å². The highest BCUT2D eigenvalue weighted by atomic mass is 16.5. The third-order valence-corrected chi connectivity index (χ3v) is 5.19. The summed E-state index contributed by atoms with van der Waals surface area (Å²) in [4.78, 5) is 0. The lowest BCUT2D eigenvalue weighted by molar-refractivity contribution is 0.254. The van der Waals surface area contributed by atoms with Crippen LogP contribution in [0.25, 0.3) is 0 Å². The molecule has 1 unspecified atom stereocenters. The average Bonchev–Trinajstić information content (AvgIpc) is 2.82. The highest BCUT2D eigenvalue weighted by molar-refractivity contribution is 5.43. The summed E-state index contributed by atoms with van der Waals surface area (Å²) in [5.41, 5.74) is 3.37. The van der Waals surface area contributed by atoms with E-state index in [0.29, 0.717) is 19.3 Å². The Morgan fingerprint density at radius 1 is 0.742 bits per heavy atom. The molecule has 2 N–H and O–H groups in total. The Morgan fingerprint density at radius 3 is 1.94 bits per heavy atom. The lowest BCUT2D eigenvalue weighted by Gasteiger charge is -2.18.